The van der Waals surface area contributed by atoms with E-state index in [-0.39, 0.29) is 17.9 Å². The highest BCUT2D eigenvalue weighted by atomic mass is 16.2. The van der Waals surface area contributed by atoms with Crippen molar-refractivity contribution in [3.8, 4) is 0 Å². The molecule has 2 amide bonds. The van der Waals surface area contributed by atoms with Gasteiger partial charge in [0.15, 0.2) is 0 Å². The highest BCUT2D eigenvalue weighted by molar-refractivity contribution is 6.05. The number of carbonyl (C=O) groups excluding carboxylic acids is 2. The summed E-state index contributed by atoms with van der Waals surface area (Å²) < 4.78 is 0. The molecule has 0 saturated heterocycles. The fourth-order valence-corrected chi connectivity index (χ4v) is 3.02. The van der Waals surface area contributed by atoms with Crippen LogP contribution in [0.1, 0.15) is 52.0 Å². The first-order valence-corrected chi connectivity index (χ1v) is 8.41. The molecule has 2 aromatic carbocycles. The van der Waals surface area contributed by atoms with Gasteiger partial charge in [-0.2, -0.15) is 0 Å². The summed E-state index contributed by atoms with van der Waals surface area (Å²) >= 11 is 0. The molecule has 4 heteroatoms. The van der Waals surface area contributed by atoms with Crippen LogP contribution < -0.4 is 10.6 Å². The van der Waals surface area contributed by atoms with E-state index in [1.54, 1.807) is 24.3 Å². The molecule has 1 saturated carbocycles. The maximum atomic E-state index is 12.4. The molecule has 2 N–H and O–H groups in total. The lowest BCUT2D eigenvalue weighted by molar-refractivity contribution is 0.0936. The highest BCUT2D eigenvalue weighted by Gasteiger charge is 2.18. The topological polar surface area (TPSA) is 58.2 Å². The van der Waals surface area contributed by atoms with Gasteiger partial charge < -0.3 is 10.6 Å². The molecule has 0 aliphatic heterocycles. The summed E-state index contributed by atoms with van der Waals surface area (Å²) in [6, 6.07) is 14.8. The lowest BCUT2D eigenvalue weighted by Gasteiger charge is -2.14. The average molecular weight is 322 g/mol. The molecule has 0 atom stereocenters. The van der Waals surface area contributed by atoms with E-state index in [0.717, 1.165) is 18.4 Å². The highest BCUT2D eigenvalue weighted by Crippen LogP contribution is 2.21. The largest absolute Gasteiger partial charge is 0.349 e. The first kappa shape index (κ1) is 16.2. The van der Waals surface area contributed by atoms with Crippen molar-refractivity contribution in [2.24, 2.45) is 0 Å². The Hall–Kier alpha value is -2.62. The third-order valence-electron chi connectivity index (χ3n) is 4.47. The van der Waals surface area contributed by atoms with E-state index in [1.165, 1.54) is 12.8 Å². The summed E-state index contributed by atoms with van der Waals surface area (Å²) in [5.74, 6) is -0.246. The molecular weight excluding hydrogens is 300 g/mol. The number of benzene rings is 2. The second-order valence-electron chi connectivity index (χ2n) is 6.30. The van der Waals surface area contributed by atoms with Crippen LogP contribution in [0, 0.1) is 6.92 Å². The zero-order valence-electron chi connectivity index (χ0n) is 13.8. The van der Waals surface area contributed by atoms with Gasteiger partial charge in [-0.25, -0.2) is 0 Å². The summed E-state index contributed by atoms with van der Waals surface area (Å²) in [4.78, 5) is 24.7. The minimum atomic E-state index is -0.174. The van der Waals surface area contributed by atoms with Gasteiger partial charge in [-0.05, 0) is 49.6 Å². The molecule has 124 valence electrons. The third-order valence-corrected chi connectivity index (χ3v) is 4.47. The second kappa shape index (κ2) is 7.30. The van der Waals surface area contributed by atoms with Crippen LogP contribution in [0.2, 0.25) is 0 Å². The van der Waals surface area contributed by atoms with E-state index in [2.05, 4.69) is 10.6 Å². The first-order chi connectivity index (χ1) is 11.6. The minimum Gasteiger partial charge on any atom is -0.349 e. The molecule has 0 spiro atoms. The molecule has 0 radical (unpaired) electrons. The van der Waals surface area contributed by atoms with Gasteiger partial charge in [0.1, 0.15) is 0 Å². The number of anilines is 1. The number of hydrogen-bond acceptors (Lipinski definition) is 2. The van der Waals surface area contributed by atoms with Crippen LogP contribution >= 0.6 is 0 Å². The quantitative estimate of drug-likeness (QED) is 0.896. The van der Waals surface area contributed by atoms with Crippen molar-refractivity contribution in [3.05, 3.63) is 65.2 Å². The van der Waals surface area contributed by atoms with Crippen LogP contribution in [0.5, 0.6) is 0 Å². The zero-order chi connectivity index (χ0) is 16.9. The van der Waals surface area contributed by atoms with E-state index < -0.39 is 0 Å². The van der Waals surface area contributed by atoms with Crippen molar-refractivity contribution in [1.29, 1.82) is 0 Å². The normalized spacial score (nSPS) is 14.4. The Morgan fingerprint density at radius 3 is 2.33 bits per heavy atom. The number of rotatable bonds is 4. The van der Waals surface area contributed by atoms with Gasteiger partial charge in [-0.15, -0.1) is 0 Å². The van der Waals surface area contributed by atoms with E-state index >= 15 is 0 Å². The molecule has 24 heavy (non-hydrogen) atoms. The maximum absolute atomic E-state index is 12.4. The van der Waals surface area contributed by atoms with E-state index in [9.17, 15) is 9.59 Å². The predicted molar refractivity (Wildman–Crippen MR) is 95.3 cm³/mol. The van der Waals surface area contributed by atoms with E-state index in [4.69, 9.17) is 0 Å². The predicted octanol–water partition coefficient (Wildman–Crippen LogP) is 3.92. The van der Waals surface area contributed by atoms with E-state index in [1.807, 2.05) is 31.2 Å². The summed E-state index contributed by atoms with van der Waals surface area (Å²) in [5, 5.41) is 5.97. The molecule has 0 bridgehead atoms. The summed E-state index contributed by atoms with van der Waals surface area (Å²) in [5.41, 5.74) is 2.77. The Bertz CT molecular complexity index is 735. The van der Waals surface area contributed by atoms with Crippen molar-refractivity contribution < 1.29 is 9.59 Å². The van der Waals surface area contributed by atoms with Crippen LogP contribution in [0.3, 0.4) is 0 Å². The van der Waals surface area contributed by atoms with Crippen molar-refractivity contribution >= 4 is 17.5 Å². The van der Waals surface area contributed by atoms with Crippen LogP contribution in [-0.4, -0.2) is 17.9 Å². The number of nitrogens with one attached hydrogen (secondary N) is 2. The Morgan fingerprint density at radius 1 is 0.917 bits per heavy atom. The number of amides is 2. The van der Waals surface area contributed by atoms with Gasteiger partial charge in [0.25, 0.3) is 11.8 Å². The zero-order valence-corrected chi connectivity index (χ0v) is 13.8. The molecule has 2 aromatic rings. The van der Waals surface area contributed by atoms with Gasteiger partial charge >= 0.3 is 0 Å². The van der Waals surface area contributed by atoms with Gasteiger partial charge in [0.2, 0.25) is 0 Å². The SMILES string of the molecule is Cc1ccc(C(=O)NC2CCCC2)cc1NC(=O)c1ccccc1. The molecular formula is C20H22N2O2. The molecule has 3 rings (SSSR count). The molecule has 0 aromatic heterocycles. The Labute approximate surface area is 142 Å². The fourth-order valence-electron chi connectivity index (χ4n) is 3.02. The summed E-state index contributed by atoms with van der Waals surface area (Å²) in [7, 11) is 0. The van der Waals surface area contributed by atoms with Crippen LogP contribution in [0.4, 0.5) is 5.69 Å². The van der Waals surface area contributed by atoms with Gasteiger partial charge in [-0.1, -0.05) is 37.1 Å². The van der Waals surface area contributed by atoms with Gasteiger partial charge in [0, 0.05) is 22.9 Å². The summed E-state index contributed by atoms with van der Waals surface area (Å²) in [6.07, 6.45) is 4.46. The number of hydrogen-bond donors (Lipinski definition) is 2. The maximum Gasteiger partial charge on any atom is 0.255 e. The average Bonchev–Trinajstić information content (AvgIpc) is 3.10. The Balaban J connectivity index is 1.73. The Kier molecular flexibility index (Phi) is 4.94. The molecule has 1 fully saturated rings. The summed E-state index contributed by atoms with van der Waals surface area (Å²) in [6.45, 7) is 1.92. The number of carbonyl (C=O) groups is 2. The third kappa shape index (κ3) is 3.82. The molecule has 0 heterocycles. The van der Waals surface area contributed by atoms with E-state index in [0.29, 0.717) is 16.8 Å². The molecule has 0 unspecified atom stereocenters. The fraction of sp³-hybridized carbons (Fsp3) is 0.300. The minimum absolute atomic E-state index is 0.0721. The first-order valence-electron chi connectivity index (χ1n) is 8.41. The van der Waals surface area contributed by atoms with Gasteiger partial charge in [-0.3, -0.25) is 9.59 Å². The van der Waals surface area contributed by atoms with Crippen LogP contribution in [0.15, 0.2) is 48.5 Å². The van der Waals surface area contributed by atoms with Crippen molar-refractivity contribution in [2.75, 3.05) is 5.32 Å². The lowest BCUT2D eigenvalue weighted by Crippen LogP contribution is -2.32. The van der Waals surface area contributed by atoms with Crippen molar-refractivity contribution in [2.45, 2.75) is 38.6 Å². The lowest BCUT2D eigenvalue weighted by atomic mass is 10.1. The Morgan fingerprint density at radius 2 is 1.62 bits per heavy atom. The van der Waals surface area contributed by atoms with Crippen molar-refractivity contribution in [1.82, 2.24) is 5.32 Å². The van der Waals surface area contributed by atoms with Crippen LogP contribution in [0.25, 0.3) is 0 Å². The molecule has 4 nitrogen and oxygen atoms in total. The van der Waals surface area contributed by atoms with Gasteiger partial charge in [0.05, 0.1) is 0 Å². The standard InChI is InChI=1S/C20H22N2O2/c1-14-11-12-16(20(24)21-17-9-5-6-10-17)13-18(14)22-19(23)15-7-3-2-4-8-15/h2-4,7-8,11-13,17H,5-6,9-10H2,1H3,(H,21,24)(H,22,23). The monoisotopic (exact) mass is 322 g/mol. The molecule has 1 aliphatic carbocycles. The van der Waals surface area contributed by atoms with Crippen LogP contribution in [-0.2, 0) is 0 Å². The number of aryl methyl sites for hydroxylation is 1. The van der Waals surface area contributed by atoms with Crippen molar-refractivity contribution in [3.63, 3.8) is 0 Å². The smallest absolute Gasteiger partial charge is 0.255 e. The molecule has 1 aliphatic rings. The second-order valence-corrected chi connectivity index (χ2v) is 6.30.